The van der Waals surface area contributed by atoms with Crippen LogP contribution in [0.25, 0.3) is 22.3 Å². The molecule has 0 N–H and O–H groups in total. The summed E-state index contributed by atoms with van der Waals surface area (Å²) in [6.07, 6.45) is 17.5. The molecule has 0 aromatic heterocycles. The van der Waals surface area contributed by atoms with Crippen molar-refractivity contribution in [2.45, 2.75) is 89.9 Å². The molecule has 2 saturated carbocycles. The molecule has 42 heavy (non-hydrogen) atoms. The molecule has 0 bridgehead atoms. The van der Waals surface area contributed by atoms with Gasteiger partial charge in [0.25, 0.3) is 0 Å². The smallest absolute Gasteiger partial charge is 0.201 e. The standard InChI is InChI=1S/C38H45F3O/c1-3-5-6-7-26-8-10-27(11-9-26)28-12-14-29(15-13-28)32-20-21-33(35(39)25-32)30-16-18-31(19-17-30)34-22-23-36(42-24-4-2)38(41)37(34)40/h4,16-23,25-29H,2-3,5-15,24H2,1H3. The van der Waals surface area contributed by atoms with Crippen molar-refractivity contribution in [2.24, 2.45) is 17.8 Å². The third kappa shape index (κ3) is 7.13. The molecule has 0 radical (unpaired) electrons. The van der Waals surface area contributed by atoms with Crippen LogP contribution in [-0.2, 0) is 0 Å². The Morgan fingerprint density at radius 1 is 0.738 bits per heavy atom. The predicted molar refractivity (Wildman–Crippen MR) is 167 cm³/mol. The number of unbranched alkanes of at least 4 members (excludes halogenated alkanes) is 2. The molecule has 5 rings (SSSR count). The van der Waals surface area contributed by atoms with Gasteiger partial charge in [-0.1, -0.05) is 94.5 Å². The molecule has 0 amide bonds. The zero-order valence-electron chi connectivity index (χ0n) is 25.0. The first-order chi connectivity index (χ1) is 20.5. The highest BCUT2D eigenvalue weighted by Crippen LogP contribution is 2.45. The van der Waals surface area contributed by atoms with Crippen LogP contribution in [0, 0.1) is 35.2 Å². The number of halogens is 3. The van der Waals surface area contributed by atoms with Crippen LogP contribution in [0.15, 0.2) is 67.3 Å². The Bertz CT molecular complexity index is 1310. The molecule has 0 saturated heterocycles. The lowest BCUT2D eigenvalue weighted by molar-refractivity contribution is 0.155. The fourth-order valence-electron chi connectivity index (χ4n) is 7.42. The van der Waals surface area contributed by atoms with Gasteiger partial charge >= 0.3 is 0 Å². The van der Waals surface area contributed by atoms with E-state index in [1.165, 1.54) is 82.4 Å². The molecule has 3 aromatic carbocycles. The molecule has 224 valence electrons. The van der Waals surface area contributed by atoms with Crippen molar-refractivity contribution < 1.29 is 17.9 Å². The number of ether oxygens (including phenoxy) is 1. The fourth-order valence-corrected chi connectivity index (χ4v) is 7.42. The maximum atomic E-state index is 15.4. The summed E-state index contributed by atoms with van der Waals surface area (Å²) in [6, 6.07) is 15.5. The first-order valence-corrected chi connectivity index (χ1v) is 16.1. The van der Waals surface area contributed by atoms with E-state index >= 15 is 4.39 Å². The molecule has 2 aliphatic rings. The fraction of sp³-hybridized carbons (Fsp3) is 0.474. The normalized spacial score (nSPS) is 22.6. The van der Waals surface area contributed by atoms with Gasteiger partial charge in [-0.05, 0) is 97.1 Å². The lowest BCUT2D eigenvalue weighted by atomic mass is 9.68. The monoisotopic (exact) mass is 574 g/mol. The van der Waals surface area contributed by atoms with Gasteiger partial charge < -0.3 is 4.74 Å². The zero-order chi connectivity index (χ0) is 29.5. The van der Waals surface area contributed by atoms with Crippen LogP contribution in [0.3, 0.4) is 0 Å². The third-order valence-corrected chi connectivity index (χ3v) is 9.92. The van der Waals surface area contributed by atoms with E-state index in [1.54, 1.807) is 30.3 Å². The number of benzene rings is 3. The highest BCUT2D eigenvalue weighted by Gasteiger charge is 2.31. The highest BCUT2D eigenvalue weighted by atomic mass is 19.2. The highest BCUT2D eigenvalue weighted by molar-refractivity contribution is 5.71. The van der Waals surface area contributed by atoms with Crippen LogP contribution in [0.5, 0.6) is 5.75 Å². The average Bonchev–Trinajstić information content (AvgIpc) is 3.02. The SMILES string of the molecule is C=CCOc1ccc(-c2ccc(-c3ccc(C4CCC(C5CCC(CCCCC)CC5)CC4)cc3F)cc2)c(F)c1F. The van der Waals surface area contributed by atoms with Crippen molar-refractivity contribution in [3.8, 4) is 28.0 Å². The van der Waals surface area contributed by atoms with Gasteiger partial charge in [0, 0.05) is 11.1 Å². The van der Waals surface area contributed by atoms with Gasteiger partial charge in [-0.15, -0.1) is 0 Å². The van der Waals surface area contributed by atoms with Crippen LogP contribution in [0.4, 0.5) is 13.2 Å². The third-order valence-electron chi connectivity index (χ3n) is 9.92. The van der Waals surface area contributed by atoms with Gasteiger partial charge in [0.05, 0.1) is 0 Å². The Balaban J connectivity index is 1.17. The predicted octanol–water partition coefficient (Wildman–Crippen LogP) is 11.7. The minimum atomic E-state index is -1.03. The van der Waals surface area contributed by atoms with Gasteiger partial charge in [-0.2, -0.15) is 4.39 Å². The molecule has 0 aliphatic heterocycles. The molecular formula is C38H45F3O. The summed E-state index contributed by atoms with van der Waals surface area (Å²) in [7, 11) is 0. The van der Waals surface area contributed by atoms with Crippen molar-refractivity contribution in [1.29, 1.82) is 0 Å². The summed E-state index contributed by atoms with van der Waals surface area (Å²) < 4.78 is 49.7. The van der Waals surface area contributed by atoms with Gasteiger partial charge in [-0.25, -0.2) is 8.78 Å². The first-order valence-electron chi connectivity index (χ1n) is 16.1. The van der Waals surface area contributed by atoms with Crippen LogP contribution in [0.1, 0.15) is 95.5 Å². The van der Waals surface area contributed by atoms with Crippen LogP contribution in [-0.4, -0.2) is 6.61 Å². The molecule has 2 aliphatic carbocycles. The summed E-state index contributed by atoms with van der Waals surface area (Å²) in [5.41, 5.74) is 2.99. The lowest BCUT2D eigenvalue weighted by Crippen LogP contribution is -2.25. The summed E-state index contributed by atoms with van der Waals surface area (Å²) in [5.74, 6) is 0.741. The molecule has 0 atom stereocenters. The Hall–Kier alpha value is -3.01. The molecular weight excluding hydrogens is 529 g/mol. The maximum absolute atomic E-state index is 15.4. The van der Waals surface area contributed by atoms with Crippen LogP contribution < -0.4 is 4.74 Å². The maximum Gasteiger partial charge on any atom is 0.201 e. The molecule has 4 heteroatoms. The quantitative estimate of drug-likeness (QED) is 0.163. The second kappa shape index (κ2) is 14.4. The summed E-state index contributed by atoms with van der Waals surface area (Å²) in [6.45, 7) is 5.90. The van der Waals surface area contributed by atoms with Crippen LogP contribution in [0.2, 0.25) is 0 Å². The molecule has 0 heterocycles. The van der Waals surface area contributed by atoms with Crippen LogP contribution >= 0.6 is 0 Å². The van der Waals surface area contributed by atoms with Crippen molar-refractivity contribution in [3.05, 3.63) is 90.3 Å². The molecule has 0 unspecified atom stereocenters. The van der Waals surface area contributed by atoms with Gasteiger partial charge in [0.1, 0.15) is 12.4 Å². The molecule has 3 aromatic rings. The molecule has 0 spiro atoms. The van der Waals surface area contributed by atoms with Gasteiger partial charge in [0.15, 0.2) is 11.6 Å². The summed E-state index contributed by atoms with van der Waals surface area (Å²) in [4.78, 5) is 0. The van der Waals surface area contributed by atoms with E-state index in [4.69, 9.17) is 4.74 Å². The Kier molecular flexibility index (Phi) is 10.5. The van der Waals surface area contributed by atoms with E-state index in [0.717, 1.165) is 36.2 Å². The minimum absolute atomic E-state index is 0.0934. The minimum Gasteiger partial charge on any atom is -0.486 e. The summed E-state index contributed by atoms with van der Waals surface area (Å²) >= 11 is 0. The lowest BCUT2D eigenvalue weighted by Gasteiger charge is -2.38. The van der Waals surface area contributed by atoms with Gasteiger partial charge in [-0.3, -0.25) is 0 Å². The van der Waals surface area contributed by atoms with Crippen molar-refractivity contribution in [2.75, 3.05) is 6.61 Å². The number of hydrogen-bond acceptors (Lipinski definition) is 1. The summed E-state index contributed by atoms with van der Waals surface area (Å²) in [5, 5.41) is 0. The number of rotatable bonds is 11. The van der Waals surface area contributed by atoms with E-state index in [2.05, 4.69) is 19.6 Å². The second-order valence-electron chi connectivity index (χ2n) is 12.5. The van der Waals surface area contributed by atoms with Crippen molar-refractivity contribution in [1.82, 2.24) is 0 Å². The second-order valence-corrected chi connectivity index (χ2v) is 12.5. The zero-order valence-corrected chi connectivity index (χ0v) is 25.0. The van der Waals surface area contributed by atoms with Crippen molar-refractivity contribution in [3.63, 3.8) is 0 Å². The van der Waals surface area contributed by atoms with Crippen molar-refractivity contribution >= 4 is 0 Å². The van der Waals surface area contributed by atoms with E-state index in [9.17, 15) is 8.78 Å². The average molecular weight is 575 g/mol. The van der Waals surface area contributed by atoms with E-state index < -0.39 is 11.6 Å². The molecule has 2 fully saturated rings. The topological polar surface area (TPSA) is 9.23 Å². The Morgan fingerprint density at radius 3 is 1.98 bits per heavy atom. The largest absolute Gasteiger partial charge is 0.486 e. The molecule has 1 nitrogen and oxygen atoms in total. The Morgan fingerprint density at radius 2 is 1.36 bits per heavy atom. The number of hydrogen-bond donors (Lipinski definition) is 0. The Labute approximate surface area is 250 Å². The van der Waals surface area contributed by atoms with E-state index in [1.807, 2.05) is 6.07 Å². The van der Waals surface area contributed by atoms with E-state index in [-0.39, 0.29) is 23.7 Å². The first kappa shape index (κ1) is 30.4. The van der Waals surface area contributed by atoms with E-state index in [0.29, 0.717) is 22.6 Å². The van der Waals surface area contributed by atoms with Gasteiger partial charge in [0.2, 0.25) is 5.82 Å².